The number of imide groups is 1. The number of halogens is 2. The fourth-order valence-corrected chi connectivity index (χ4v) is 4.86. The molecule has 0 bridgehead atoms. The minimum atomic E-state index is -0.429. The molecule has 3 amide bonds. The Morgan fingerprint density at radius 1 is 0.938 bits per heavy atom. The number of ether oxygens (including phenoxy) is 1. The van der Waals surface area contributed by atoms with Gasteiger partial charge < -0.3 is 10.1 Å². The monoisotopic (exact) mass is 554 g/mol. The van der Waals surface area contributed by atoms with Gasteiger partial charge in [0.2, 0.25) is 0 Å². The largest absolute Gasteiger partial charge is 0.487 e. The Labute approximate surface area is 203 Å². The number of carbonyl (C=O) groups excluding carboxylic acids is 2. The molecule has 1 saturated heterocycles. The van der Waals surface area contributed by atoms with Crippen LogP contribution < -0.4 is 10.1 Å². The molecule has 162 valence electrons. The van der Waals surface area contributed by atoms with Crippen LogP contribution in [0.1, 0.15) is 22.3 Å². The zero-order valence-corrected chi connectivity index (χ0v) is 20.4. The number of nitrogens with zero attached hydrogens (tertiary/aromatic N) is 1. The van der Waals surface area contributed by atoms with Gasteiger partial charge in [-0.25, -0.2) is 4.79 Å². The third-order valence-corrected chi connectivity index (χ3v) is 6.12. The number of hydrogen-bond donors (Lipinski definition) is 1. The van der Waals surface area contributed by atoms with Crippen molar-refractivity contribution in [2.45, 2.75) is 20.1 Å². The van der Waals surface area contributed by atoms with Crippen molar-refractivity contribution in [1.29, 1.82) is 0 Å². The normalized spacial score (nSPS) is 14.7. The first kappa shape index (κ1) is 22.3. The molecule has 4 rings (SSSR count). The second-order valence-electron chi connectivity index (χ2n) is 7.46. The van der Waals surface area contributed by atoms with Gasteiger partial charge in [0.05, 0.1) is 15.5 Å². The maximum atomic E-state index is 12.8. The summed E-state index contributed by atoms with van der Waals surface area (Å²) in [7, 11) is 0. The van der Waals surface area contributed by atoms with Gasteiger partial charge in [-0.05, 0) is 73.7 Å². The predicted octanol–water partition coefficient (Wildman–Crippen LogP) is 6.19. The molecule has 1 N–H and O–H groups in total. The van der Waals surface area contributed by atoms with Gasteiger partial charge in [0.15, 0.2) is 0 Å². The van der Waals surface area contributed by atoms with E-state index in [9.17, 15) is 9.59 Å². The van der Waals surface area contributed by atoms with Crippen molar-refractivity contribution in [3.05, 3.63) is 104 Å². The van der Waals surface area contributed by atoms with E-state index in [4.69, 9.17) is 4.74 Å². The second kappa shape index (κ2) is 9.71. The van der Waals surface area contributed by atoms with Crippen LogP contribution in [0.4, 0.5) is 4.79 Å². The molecule has 3 aromatic rings. The molecule has 3 aromatic carbocycles. The topological polar surface area (TPSA) is 58.6 Å². The summed E-state index contributed by atoms with van der Waals surface area (Å²) in [4.78, 5) is 26.3. The van der Waals surface area contributed by atoms with E-state index in [0.29, 0.717) is 12.4 Å². The van der Waals surface area contributed by atoms with E-state index in [1.807, 2.05) is 67.6 Å². The lowest BCUT2D eigenvalue weighted by molar-refractivity contribution is -0.123. The van der Waals surface area contributed by atoms with Crippen molar-refractivity contribution >= 4 is 49.9 Å². The van der Waals surface area contributed by atoms with E-state index in [1.54, 1.807) is 6.08 Å². The van der Waals surface area contributed by atoms with Crippen LogP contribution in [0.3, 0.4) is 0 Å². The molecule has 5 nitrogen and oxygen atoms in total. The first-order valence-corrected chi connectivity index (χ1v) is 11.5. The van der Waals surface area contributed by atoms with Gasteiger partial charge in [0, 0.05) is 0 Å². The summed E-state index contributed by atoms with van der Waals surface area (Å²) < 4.78 is 7.48. The standard InChI is InChI=1S/C25H20Br2N2O3/c1-16-6-5-9-18(10-16)15-32-23-20(26)11-19(12-21(23)27)13-22-24(30)29(25(31)28-22)14-17-7-3-2-4-8-17/h2-13H,14-15H2,1H3,(H,28,31)/b22-13+. The number of aryl methyl sites for hydroxylation is 1. The third-order valence-electron chi connectivity index (χ3n) is 4.94. The fraction of sp³-hybridized carbons (Fsp3) is 0.120. The summed E-state index contributed by atoms with van der Waals surface area (Å²) in [5.41, 5.74) is 4.12. The van der Waals surface area contributed by atoms with Crippen molar-refractivity contribution in [3.63, 3.8) is 0 Å². The molecule has 0 unspecified atom stereocenters. The number of nitrogens with one attached hydrogen (secondary N) is 1. The molecular formula is C25H20Br2N2O3. The van der Waals surface area contributed by atoms with Crippen molar-refractivity contribution < 1.29 is 14.3 Å². The van der Waals surface area contributed by atoms with E-state index in [1.165, 1.54) is 10.5 Å². The minimum absolute atomic E-state index is 0.224. The smallest absolute Gasteiger partial charge is 0.329 e. The summed E-state index contributed by atoms with van der Waals surface area (Å²) in [5, 5.41) is 2.66. The lowest BCUT2D eigenvalue weighted by atomic mass is 10.1. The zero-order chi connectivity index (χ0) is 22.7. The molecule has 32 heavy (non-hydrogen) atoms. The van der Waals surface area contributed by atoms with E-state index < -0.39 is 6.03 Å². The average molecular weight is 556 g/mol. The van der Waals surface area contributed by atoms with Gasteiger partial charge in [0.25, 0.3) is 5.91 Å². The lowest BCUT2D eigenvalue weighted by Crippen LogP contribution is -2.30. The van der Waals surface area contributed by atoms with E-state index in [0.717, 1.165) is 25.6 Å². The highest BCUT2D eigenvalue weighted by molar-refractivity contribution is 9.11. The van der Waals surface area contributed by atoms with Gasteiger partial charge >= 0.3 is 6.03 Å². The Kier molecular flexibility index (Phi) is 6.77. The summed E-state index contributed by atoms with van der Waals surface area (Å²) in [6.07, 6.45) is 1.66. The van der Waals surface area contributed by atoms with Gasteiger partial charge in [0.1, 0.15) is 18.1 Å². The Morgan fingerprint density at radius 3 is 2.31 bits per heavy atom. The van der Waals surface area contributed by atoms with Crippen LogP contribution in [-0.4, -0.2) is 16.8 Å². The zero-order valence-electron chi connectivity index (χ0n) is 17.3. The highest BCUT2D eigenvalue weighted by atomic mass is 79.9. The molecule has 0 aliphatic carbocycles. The maximum absolute atomic E-state index is 12.8. The molecule has 0 aromatic heterocycles. The van der Waals surface area contributed by atoms with Gasteiger partial charge in [-0.2, -0.15) is 0 Å². The van der Waals surface area contributed by atoms with Crippen molar-refractivity contribution in [2.75, 3.05) is 0 Å². The highest BCUT2D eigenvalue weighted by Crippen LogP contribution is 2.36. The number of amides is 3. The van der Waals surface area contributed by atoms with Crippen LogP contribution in [0.2, 0.25) is 0 Å². The SMILES string of the molecule is Cc1cccc(COc2c(Br)cc(/C=C3/NC(=O)N(Cc4ccccc4)C3=O)cc2Br)c1. The van der Waals surface area contributed by atoms with Crippen LogP contribution in [0.15, 0.2) is 81.4 Å². The van der Waals surface area contributed by atoms with Crippen LogP contribution in [-0.2, 0) is 17.9 Å². The molecule has 1 fully saturated rings. The van der Waals surface area contributed by atoms with Gasteiger partial charge in [-0.3, -0.25) is 9.69 Å². The van der Waals surface area contributed by atoms with Crippen LogP contribution in [0.5, 0.6) is 5.75 Å². The van der Waals surface area contributed by atoms with E-state index in [2.05, 4.69) is 43.2 Å². The molecule has 7 heteroatoms. The Hall–Kier alpha value is -2.90. The number of hydrogen-bond acceptors (Lipinski definition) is 3. The maximum Gasteiger partial charge on any atom is 0.329 e. The first-order valence-electron chi connectivity index (χ1n) is 9.96. The number of carbonyl (C=O) groups is 2. The molecule has 1 aliphatic rings. The lowest BCUT2D eigenvalue weighted by Gasteiger charge is -2.12. The summed E-state index contributed by atoms with van der Waals surface area (Å²) in [6, 6.07) is 20.8. The van der Waals surface area contributed by atoms with Crippen molar-refractivity contribution in [2.24, 2.45) is 0 Å². The Balaban J connectivity index is 1.50. The Bertz CT molecular complexity index is 1190. The molecule has 0 spiro atoms. The van der Waals surface area contributed by atoms with Crippen LogP contribution in [0, 0.1) is 6.92 Å². The van der Waals surface area contributed by atoms with E-state index >= 15 is 0 Å². The molecule has 0 radical (unpaired) electrons. The average Bonchev–Trinajstić information content (AvgIpc) is 3.01. The summed E-state index contributed by atoms with van der Waals surface area (Å²) >= 11 is 7.10. The van der Waals surface area contributed by atoms with Gasteiger partial charge in [-0.1, -0.05) is 60.2 Å². The summed E-state index contributed by atoms with van der Waals surface area (Å²) in [6.45, 7) is 2.70. The molecule has 0 atom stereocenters. The minimum Gasteiger partial charge on any atom is -0.487 e. The van der Waals surface area contributed by atoms with E-state index in [-0.39, 0.29) is 18.1 Å². The fourth-order valence-electron chi connectivity index (χ4n) is 3.41. The molecular weight excluding hydrogens is 536 g/mol. The molecule has 1 aliphatic heterocycles. The highest BCUT2D eigenvalue weighted by Gasteiger charge is 2.33. The number of urea groups is 1. The van der Waals surface area contributed by atoms with Crippen LogP contribution in [0.25, 0.3) is 6.08 Å². The van der Waals surface area contributed by atoms with Gasteiger partial charge in [-0.15, -0.1) is 0 Å². The predicted molar refractivity (Wildman–Crippen MR) is 131 cm³/mol. The third kappa shape index (κ3) is 5.11. The molecule has 0 saturated carbocycles. The quantitative estimate of drug-likeness (QED) is 0.291. The summed E-state index contributed by atoms with van der Waals surface area (Å²) in [5.74, 6) is 0.312. The second-order valence-corrected chi connectivity index (χ2v) is 9.17. The first-order chi connectivity index (χ1) is 15.4. The van der Waals surface area contributed by atoms with Crippen molar-refractivity contribution in [1.82, 2.24) is 10.2 Å². The van der Waals surface area contributed by atoms with Crippen LogP contribution >= 0.6 is 31.9 Å². The molecule has 1 heterocycles. The Morgan fingerprint density at radius 2 is 1.62 bits per heavy atom. The number of benzene rings is 3. The van der Waals surface area contributed by atoms with Crippen molar-refractivity contribution in [3.8, 4) is 5.75 Å². The number of rotatable bonds is 6.